The van der Waals surface area contributed by atoms with Crippen LogP contribution in [0.1, 0.15) is 50.4 Å². The number of carbonyl (C=O) groups excluding carboxylic acids is 1. The van der Waals surface area contributed by atoms with Crippen LogP contribution in [0.4, 0.5) is 10.1 Å². The lowest BCUT2D eigenvalue weighted by Crippen LogP contribution is -2.48. The van der Waals surface area contributed by atoms with E-state index in [1.54, 1.807) is 24.4 Å². The number of benzene rings is 2. The van der Waals surface area contributed by atoms with Gasteiger partial charge < -0.3 is 19.5 Å². The van der Waals surface area contributed by atoms with Crippen molar-refractivity contribution >= 4 is 43.0 Å². The molecular formula is C32H42FN3O8S3. The Labute approximate surface area is 280 Å². The van der Waals surface area contributed by atoms with E-state index in [1.807, 2.05) is 13.8 Å². The predicted molar refractivity (Wildman–Crippen MR) is 178 cm³/mol. The Morgan fingerprint density at radius 2 is 1.83 bits per heavy atom. The van der Waals surface area contributed by atoms with E-state index < -0.39 is 49.8 Å². The van der Waals surface area contributed by atoms with Gasteiger partial charge >= 0.3 is 0 Å². The van der Waals surface area contributed by atoms with Crippen molar-refractivity contribution in [1.29, 1.82) is 0 Å². The van der Waals surface area contributed by atoms with Crippen LogP contribution in [-0.4, -0.2) is 88.7 Å². The van der Waals surface area contributed by atoms with Crippen molar-refractivity contribution < 1.29 is 40.6 Å². The lowest BCUT2D eigenvalue weighted by Gasteiger charge is -2.35. The van der Waals surface area contributed by atoms with E-state index in [9.17, 15) is 31.1 Å². The first kappa shape index (κ1) is 36.8. The smallest absolute Gasteiger partial charge is 0.271 e. The molecule has 2 aromatic carbocycles. The Morgan fingerprint density at radius 1 is 1.11 bits per heavy atom. The van der Waals surface area contributed by atoms with Gasteiger partial charge in [-0.1, -0.05) is 13.0 Å². The molecule has 0 spiro atoms. The van der Waals surface area contributed by atoms with Crippen molar-refractivity contribution in [2.45, 2.75) is 67.4 Å². The van der Waals surface area contributed by atoms with Crippen LogP contribution in [0.25, 0.3) is 0 Å². The summed E-state index contributed by atoms with van der Waals surface area (Å²) in [7, 11) is -6.45. The van der Waals surface area contributed by atoms with Crippen LogP contribution in [0, 0.1) is 11.7 Å². The number of sulfonamides is 2. The minimum absolute atomic E-state index is 0.0405. The highest BCUT2D eigenvalue weighted by molar-refractivity contribution is 7.94. The standard InChI is InChI=1S/C32H42FN3O8S3/c1-22-19-36(23(2)21-37)32(38)28-18-26(34-46(39,40)31-9-7-17-45-31)12-15-29(28)44-24(3)8-5-6-16-43-30(22)20-35(4)47(41,42)27-13-10-25(33)11-14-27/h7,9-15,17-18,22-24,30,34,37H,5-6,8,16,19-21H2,1-4H3/t22-,23-,24-,30+/m1/s1. The van der Waals surface area contributed by atoms with Crippen molar-refractivity contribution in [3.8, 4) is 5.75 Å². The number of nitrogens with one attached hydrogen (secondary N) is 1. The molecule has 4 atom stereocenters. The maximum absolute atomic E-state index is 14.3. The molecule has 0 radical (unpaired) electrons. The van der Waals surface area contributed by atoms with Gasteiger partial charge in [0.15, 0.2) is 0 Å². The van der Waals surface area contributed by atoms with Gasteiger partial charge in [-0.2, -0.15) is 4.31 Å². The first-order valence-electron chi connectivity index (χ1n) is 15.3. The maximum Gasteiger partial charge on any atom is 0.271 e. The second-order valence-electron chi connectivity index (χ2n) is 11.8. The normalized spacial score (nSPS) is 21.0. The number of carbonyl (C=O) groups is 1. The summed E-state index contributed by atoms with van der Waals surface area (Å²) in [4.78, 5) is 15.7. The molecule has 258 valence electrons. The second-order valence-corrected chi connectivity index (χ2v) is 16.7. The molecule has 0 aliphatic carbocycles. The topological polar surface area (TPSA) is 143 Å². The summed E-state index contributed by atoms with van der Waals surface area (Å²) in [6.45, 7) is 5.42. The lowest BCUT2D eigenvalue weighted by atomic mass is 10.0. The van der Waals surface area contributed by atoms with Gasteiger partial charge in [0.1, 0.15) is 15.8 Å². The average Bonchev–Trinajstić information content (AvgIpc) is 3.59. The molecule has 0 unspecified atom stereocenters. The summed E-state index contributed by atoms with van der Waals surface area (Å²) >= 11 is 1.06. The molecule has 15 heteroatoms. The summed E-state index contributed by atoms with van der Waals surface area (Å²) < 4.78 is 82.3. The molecule has 2 N–H and O–H groups in total. The molecule has 0 saturated heterocycles. The fraction of sp³-hybridized carbons (Fsp3) is 0.469. The van der Waals surface area contributed by atoms with E-state index in [1.165, 1.54) is 42.3 Å². The van der Waals surface area contributed by atoms with Crippen LogP contribution < -0.4 is 9.46 Å². The molecule has 47 heavy (non-hydrogen) atoms. The van der Waals surface area contributed by atoms with Crippen LogP contribution in [0.5, 0.6) is 5.75 Å². The Balaban J connectivity index is 1.67. The van der Waals surface area contributed by atoms with Crippen molar-refractivity contribution in [1.82, 2.24) is 9.21 Å². The number of thiophene rings is 1. The largest absolute Gasteiger partial charge is 0.490 e. The van der Waals surface area contributed by atoms with Crippen LogP contribution in [0.2, 0.25) is 0 Å². The number of amides is 1. The van der Waals surface area contributed by atoms with Crippen molar-refractivity contribution in [2.24, 2.45) is 5.92 Å². The predicted octanol–water partition coefficient (Wildman–Crippen LogP) is 4.80. The quantitative estimate of drug-likeness (QED) is 0.322. The average molecular weight is 712 g/mol. The number of likely N-dealkylation sites (N-methyl/N-ethyl adjacent to an activating group) is 1. The number of rotatable bonds is 9. The Morgan fingerprint density at radius 3 is 2.49 bits per heavy atom. The highest BCUT2D eigenvalue weighted by Crippen LogP contribution is 2.30. The molecule has 11 nitrogen and oxygen atoms in total. The number of aliphatic hydroxyl groups is 1. The molecule has 0 fully saturated rings. The number of halogens is 1. The second kappa shape index (κ2) is 15.9. The molecule has 0 bridgehead atoms. The molecule has 1 aliphatic rings. The highest BCUT2D eigenvalue weighted by atomic mass is 32.2. The van der Waals surface area contributed by atoms with Crippen LogP contribution >= 0.6 is 11.3 Å². The van der Waals surface area contributed by atoms with E-state index in [-0.39, 0.29) is 51.9 Å². The van der Waals surface area contributed by atoms with Crippen LogP contribution in [0.3, 0.4) is 0 Å². The van der Waals surface area contributed by atoms with Crippen LogP contribution in [0.15, 0.2) is 69.1 Å². The number of nitrogens with zero attached hydrogens (tertiary/aromatic N) is 2. The van der Waals surface area contributed by atoms with Gasteiger partial charge in [-0.25, -0.2) is 21.2 Å². The third-order valence-electron chi connectivity index (χ3n) is 8.02. The SMILES string of the molecule is C[C@@H]1CCCCO[C@@H](CN(C)S(=O)(=O)c2ccc(F)cc2)[C@H](C)CN([C@H](C)CO)C(=O)c2cc(NS(=O)(=O)c3cccs3)ccc2O1. The first-order valence-corrected chi connectivity index (χ1v) is 19.2. The molecular weight excluding hydrogens is 670 g/mol. The van der Waals surface area contributed by atoms with Gasteiger partial charge in [-0.15, -0.1) is 11.3 Å². The fourth-order valence-corrected chi connectivity index (χ4v) is 8.43. The first-order chi connectivity index (χ1) is 22.2. The Kier molecular flexibility index (Phi) is 12.4. The van der Waals surface area contributed by atoms with Crippen molar-refractivity contribution in [2.75, 3.05) is 38.1 Å². The van der Waals surface area contributed by atoms with Crippen molar-refractivity contribution in [3.63, 3.8) is 0 Å². The fourth-order valence-electron chi connectivity index (χ4n) is 5.21. The van der Waals surface area contributed by atoms with Gasteiger partial charge in [0, 0.05) is 38.3 Å². The zero-order chi connectivity index (χ0) is 34.4. The summed E-state index contributed by atoms with van der Waals surface area (Å²) in [5.41, 5.74) is 0.280. The number of hydrogen-bond acceptors (Lipinski definition) is 9. The summed E-state index contributed by atoms with van der Waals surface area (Å²) in [5, 5.41) is 11.8. The minimum Gasteiger partial charge on any atom is -0.490 e. The molecule has 3 aromatic rings. The molecule has 0 saturated carbocycles. The number of fused-ring (bicyclic) bond motifs is 1. The third-order valence-corrected chi connectivity index (χ3v) is 12.6. The molecule has 1 aliphatic heterocycles. The van der Waals surface area contributed by atoms with E-state index in [2.05, 4.69) is 4.72 Å². The summed E-state index contributed by atoms with van der Waals surface area (Å²) in [6, 6.07) is 11.6. The van der Waals surface area contributed by atoms with Crippen molar-refractivity contribution in [3.05, 3.63) is 71.4 Å². The van der Waals surface area contributed by atoms with Crippen LogP contribution in [-0.2, 0) is 24.8 Å². The van der Waals surface area contributed by atoms with Gasteiger partial charge in [-0.05, 0) is 87.0 Å². The highest BCUT2D eigenvalue weighted by Gasteiger charge is 2.32. The number of aliphatic hydroxyl groups excluding tert-OH is 1. The third kappa shape index (κ3) is 9.30. The van der Waals surface area contributed by atoms with E-state index in [4.69, 9.17) is 9.47 Å². The molecule has 1 amide bonds. The van der Waals surface area contributed by atoms with Gasteiger partial charge in [0.25, 0.3) is 15.9 Å². The number of ether oxygens (including phenoxy) is 2. The van der Waals surface area contributed by atoms with E-state index >= 15 is 0 Å². The Hall–Kier alpha value is -3.08. The molecule has 2 heterocycles. The van der Waals surface area contributed by atoms with E-state index in [0.717, 1.165) is 34.2 Å². The molecule has 1 aromatic heterocycles. The number of hydrogen-bond donors (Lipinski definition) is 2. The zero-order valence-electron chi connectivity index (χ0n) is 26.8. The molecule has 4 rings (SSSR count). The van der Waals surface area contributed by atoms with E-state index in [0.29, 0.717) is 19.4 Å². The Bertz CT molecular complexity index is 1700. The van der Waals surface area contributed by atoms with Gasteiger partial charge in [0.2, 0.25) is 10.0 Å². The summed E-state index contributed by atoms with van der Waals surface area (Å²) in [5.74, 6) is -1.18. The van der Waals surface area contributed by atoms with Gasteiger partial charge in [0.05, 0.1) is 35.3 Å². The maximum atomic E-state index is 14.3. The summed E-state index contributed by atoms with van der Waals surface area (Å²) in [6.07, 6.45) is 1.12. The monoisotopic (exact) mass is 711 g/mol. The zero-order valence-corrected chi connectivity index (χ0v) is 29.3. The lowest BCUT2D eigenvalue weighted by molar-refractivity contribution is -0.00833. The minimum atomic E-state index is -3.97. The van der Waals surface area contributed by atoms with Gasteiger partial charge in [-0.3, -0.25) is 9.52 Å². The number of anilines is 1.